The Balaban J connectivity index is 2.45. The van der Waals surface area contributed by atoms with Crippen LogP contribution in [0.3, 0.4) is 0 Å². The van der Waals surface area contributed by atoms with Crippen LogP contribution in [0.25, 0.3) is 0 Å². The highest BCUT2D eigenvalue weighted by molar-refractivity contribution is 5.66. The molecule has 0 aliphatic rings. The van der Waals surface area contributed by atoms with Crippen molar-refractivity contribution in [3.05, 3.63) is 0 Å². The third-order valence-electron chi connectivity index (χ3n) is 3.73. The van der Waals surface area contributed by atoms with Gasteiger partial charge in [-0.05, 0) is 25.7 Å². The summed E-state index contributed by atoms with van der Waals surface area (Å²) in [6.07, 6.45) is 4.78. The molecule has 1 aromatic rings. The molecule has 28 heavy (non-hydrogen) atoms. The van der Waals surface area contributed by atoms with Gasteiger partial charge in [-0.15, -0.1) is 0 Å². The number of aliphatic carboxylic acids is 2. The van der Waals surface area contributed by atoms with Crippen molar-refractivity contribution < 1.29 is 24.9 Å². The largest absolute Gasteiger partial charge is 0.481 e. The minimum absolute atomic E-state index is 0.0512. The molecule has 0 saturated heterocycles. The summed E-state index contributed by atoms with van der Waals surface area (Å²) >= 11 is 0. The Morgan fingerprint density at radius 1 is 0.643 bits per heavy atom. The summed E-state index contributed by atoms with van der Waals surface area (Å²) in [6, 6.07) is 0. The smallest absolute Gasteiger partial charge is 0.303 e. The van der Waals surface area contributed by atoms with Crippen molar-refractivity contribution in [2.24, 2.45) is 0 Å². The van der Waals surface area contributed by atoms with E-state index in [4.69, 9.17) is 15.3 Å². The molecule has 11 nitrogen and oxygen atoms in total. The monoisotopic (exact) mass is 398 g/mol. The zero-order valence-electron chi connectivity index (χ0n) is 16.0. The summed E-state index contributed by atoms with van der Waals surface area (Å²) < 4.78 is 0. The van der Waals surface area contributed by atoms with E-state index < -0.39 is 11.9 Å². The first-order chi connectivity index (χ1) is 13.5. The van der Waals surface area contributed by atoms with Gasteiger partial charge >= 0.3 is 11.9 Å². The number of hydrogen-bond acceptors (Lipinski definition) is 9. The molecule has 0 bridgehead atoms. The number of carboxylic acids is 2. The van der Waals surface area contributed by atoms with Gasteiger partial charge in [0.1, 0.15) is 0 Å². The van der Waals surface area contributed by atoms with Gasteiger partial charge in [0.2, 0.25) is 17.8 Å². The highest BCUT2D eigenvalue weighted by Crippen LogP contribution is 2.10. The Labute approximate surface area is 164 Å². The summed E-state index contributed by atoms with van der Waals surface area (Å²) in [5.74, 6) is -0.456. The molecule has 0 spiro atoms. The van der Waals surface area contributed by atoms with Crippen LogP contribution in [-0.4, -0.2) is 68.5 Å². The van der Waals surface area contributed by atoms with Crippen molar-refractivity contribution in [1.82, 2.24) is 15.0 Å². The number of carboxylic acid groups (broad SMARTS) is 2. The quantitative estimate of drug-likeness (QED) is 0.210. The maximum atomic E-state index is 10.5. The van der Waals surface area contributed by atoms with Crippen molar-refractivity contribution in [2.45, 2.75) is 51.4 Å². The van der Waals surface area contributed by atoms with Gasteiger partial charge in [0, 0.05) is 32.5 Å². The number of rotatable bonds is 17. The Morgan fingerprint density at radius 3 is 1.39 bits per heavy atom. The van der Waals surface area contributed by atoms with Crippen molar-refractivity contribution in [1.29, 1.82) is 0 Å². The Bertz CT molecular complexity index is 557. The van der Waals surface area contributed by atoms with Crippen LogP contribution < -0.4 is 16.0 Å². The van der Waals surface area contributed by atoms with Crippen LogP contribution in [0, 0.1) is 0 Å². The Hall–Kier alpha value is -2.69. The van der Waals surface area contributed by atoms with E-state index >= 15 is 0 Å². The molecule has 1 rings (SSSR count). The number of hydrogen-bond donors (Lipinski definition) is 6. The highest BCUT2D eigenvalue weighted by Gasteiger charge is 2.06. The summed E-state index contributed by atoms with van der Waals surface area (Å²) in [5, 5.41) is 35.3. The molecule has 0 aliphatic carbocycles. The Morgan fingerprint density at radius 2 is 1.04 bits per heavy atom. The zero-order chi connectivity index (χ0) is 20.6. The lowest BCUT2D eigenvalue weighted by molar-refractivity contribution is -0.138. The number of aliphatic hydroxyl groups is 1. The van der Waals surface area contributed by atoms with Crippen LogP contribution in [0.15, 0.2) is 0 Å². The topological polar surface area (TPSA) is 170 Å². The van der Waals surface area contributed by atoms with E-state index in [2.05, 4.69) is 30.9 Å². The predicted octanol–water partition coefficient (Wildman–Crippen LogP) is 1.39. The standard InChI is InChI=1S/C17H30N6O5/c24-12-11-20-17-22-15(18-9-5-1-3-7-13(25)26)21-16(23-17)19-10-6-2-4-8-14(27)28/h24H,1-12H2,(H,25,26)(H,27,28)(H3,18,19,20,21,22,23). The maximum absolute atomic E-state index is 10.5. The zero-order valence-corrected chi connectivity index (χ0v) is 16.0. The van der Waals surface area contributed by atoms with Gasteiger partial charge in [0.05, 0.1) is 6.61 Å². The molecular formula is C17H30N6O5. The number of anilines is 3. The minimum atomic E-state index is -0.788. The van der Waals surface area contributed by atoms with Gasteiger partial charge in [-0.1, -0.05) is 12.8 Å². The lowest BCUT2D eigenvalue weighted by atomic mass is 10.2. The van der Waals surface area contributed by atoms with Crippen LogP contribution in [0.5, 0.6) is 0 Å². The van der Waals surface area contributed by atoms with E-state index in [1.54, 1.807) is 0 Å². The van der Waals surface area contributed by atoms with Gasteiger partial charge in [-0.3, -0.25) is 9.59 Å². The second kappa shape index (κ2) is 14.4. The van der Waals surface area contributed by atoms with E-state index in [0.717, 1.165) is 25.7 Å². The molecule has 0 aliphatic heterocycles. The molecule has 6 N–H and O–H groups in total. The molecule has 0 atom stereocenters. The number of aliphatic hydroxyl groups excluding tert-OH is 1. The number of aromatic nitrogens is 3. The fourth-order valence-corrected chi connectivity index (χ4v) is 2.34. The lowest BCUT2D eigenvalue weighted by Crippen LogP contribution is -2.15. The second-order valence-corrected chi connectivity index (χ2v) is 6.22. The summed E-state index contributed by atoms with van der Waals surface area (Å²) in [7, 11) is 0. The van der Waals surface area contributed by atoms with E-state index in [-0.39, 0.29) is 19.4 Å². The molecule has 0 amide bonds. The first-order valence-corrected chi connectivity index (χ1v) is 9.53. The van der Waals surface area contributed by atoms with Gasteiger partial charge < -0.3 is 31.3 Å². The van der Waals surface area contributed by atoms with Crippen molar-refractivity contribution >= 4 is 29.8 Å². The average Bonchev–Trinajstić information content (AvgIpc) is 2.65. The molecule has 0 fully saturated rings. The summed E-state index contributed by atoms with van der Waals surface area (Å²) in [4.78, 5) is 33.8. The molecule has 0 radical (unpaired) electrons. The SMILES string of the molecule is O=C(O)CCCCCNc1nc(NCCO)nc(NCCCCCC(=O)O)n1. The molecule has 0 aromatic carbocycles. The van der Waals surface area contributed by atoms with Crippen LogP contribution in [-0.2, 0) is 9.59 Å². The first-order valence-electron chi connectivity index (χ1n) is 9.53. The fraction of sp³-hybridized carbons (Fsp3) is 0.706. The van der Waals surface area contributed by atoms with Gasteiger partial charge in [-0.2, -0.15) is 15.0 Å². The number of carbonyl (C=O) groups is 2. The highest BCUT2D eigenvalue weighted by atomic mass is 16.4. The van der Waals surface area contributed by atoms with Crippen LogP contribution >= 0.6 is 0 Å². The molecule has 1 aromatic heterocycles. The fourth-order valence-electron chi connectivity index (χ4n) is 2.34. The molecule has 11 heteroatoms. The molecule has 0 saturated carbocycles. The molecule has 158 valence electrons. The van der Waals surface area contributed by atoms with E-state index in [1.165, 1.54) is 0 Å². The van der Waals surface area contributed by atoms with Crippen molar-refractivity contribution in [2.75, 3.05) is 42.2 Å². The van der Waals surface area contributed by atoms with Crippen LogP contribution in [0.1, 0.15) is 51.4 Å². The van der Waals surface area contributed by atoms with Crippen LogP contribution in [0.4, 0.5) is 17.8 Å². The third kappa shape index (κ3) is 11.8. The summed E-state index contributed by atoms with van der Waals surface area (Å²) in [5.41, 5.74) is 0. The van der Waals surface area contributed by atoms with Crippen molar-refractivity contribution in [3.63, 3.8) is 0 Å². The van der Waals surface area contributed by atoms with Gasteiger partial charge in [0.25, 0.3) is 0 Å². The number of unbranched alkanes of at least 4 members (excludes halogenated alkanes) is 4. The normalized spacial score (nSPS) is 10.5. The van der Waals surface area contributed by atoms with Gasteiger partial charge in [0.15, 0.2) is 0 Å². The number of nitrogens with one attached hydrogen (secondary N) is 3. The predicted molar refractivity (Wildman–Crippen MR) is 105 cm³/mol. The molecular weight excluding hydrogens is 368 g/mol. The summed E-state index contributed by atoms with van der Waals surface area (Å²) in [6.45, 7) is 1.48. The molecule has 1 heterocycles. The second-order valence-electron chi connectivity index (χ2n) is 6.22. The Kier molecular flexibility index (Phi) is 12.0. The van der Waals surface area contributed by atoms with Gasteiger partial charge in [-0.25, -0.2) is 0 Å². The maximum Gasteiger partial charge on any atom is 0.303 e. The minimum Gasteiger partial charge on any atom is -0.481 e. The third-order valence-corrected chi connectivity index (χ3v) is 3.73. The molecule has 0 unspecified atom stereocenters. The number of nitrogens with zero attached hydrogens (tertiary/aromatic N) is 3. The van der Waals surface area contributed by atoms with Crippen molar-refractivity contribution in [3.8, 4) is 0 Å². The average molecular weight is 398 g/mol. The van der Waals surface area contributed by atoms with E-state index in [0.29, 0.717) is 50.3 Å². The van der Waals surface area contributed by atoms with Crippen LogP contribution in [0.2, 0.25) is 0 Å². The van der Waals surface area contributed by atoms with E-state index in [1.807, 2.05) is 0 Å². The van der Waals surface area contributed by atoms with E-state index in [9.17, 15) is 9.59 Å². The lowest BCUT2D eigenvalue weighted by Gasteiger charge is -2.11. The first kappa shape index (κ1) is 23.3.